The maximum absolute atomic E-state index is 5.86. The summed E-state index contributed by atoms with van der Waals surface area (Å²) in [6.45, 7) is 3.62. The van der Waals surface area contributed by atoms with Gasteiger partial charge >= 0.3 is 0 Å². The number of nitrogens with two attached hydrogens (primary N) is 1. The number of hydrogen-bond acceptors (Lipinski definition) is 5. The minimum Gasteiger partial charge on any atom is -0.337 e. The summed E-state index contributed by atoms with van der Waals surface area (Å²) in [6, 6.07) is 1.87. The van der Waals surface area contributed by atoms with Gasteiger partial charge in [0.05, 0.1) is 5.54 Å². The van der Waals surface area contributed by atoms with Crippen LogP contribution in [0.25, 0.3) is 11.4 Å². The summed E-state index contributed by atoms with van der Waals surface area (Å²) in [5, 5.41) is 3.87. The Kier molecular flexibility index (Phi) is 2.77. The Hall–Kier alpha value is -1.27. The molecule has 6 heteroatoms. The van der Waals surface area contributed by atoms with E-state index in [0.717, 1.165) is 10.0 Å². The van der Waals surface area contributed by atoms with Gasteiger partial charge in [0.1, 0.15) is 0 Å². The second kappa shape index (κ2) is 3.95. The van der Waals surface area contributed by atoms with Crippen molar-refractivity contribution in [1.82, 2.24) is 15.1 Å². The topological polar surface area (TPSA) is 77.8 Å². The molecule has 0 unspecified atom stereocenters. The van der Waals surface area contributed by atoms with Gasteiger partial charge in [-0.15, -0.1) is 0 Å². The average molecular weight is 283 g/mol. The molecule has 0 radical (unpaired) electrons. The maximum atomic E-state index is 5.86. The highest BCUT2D eigenvalue weighted by atomic mass is 79.9. The highest BCUT2D eigenvalue weighted by molar-refractivity contribution is 9.10. The molecule has 2 aromatic heterocycles. The zero-order valence-corrected chi connectivity index (χ0v) is 10.5. The first-order chi connectivity index (χ1) is 7.47. The number of pyridine rings is 1. The van der Waals surface area contributed by atoms with Gasteiger partial charge in [-0.2, -0.15) is 4.98 Å². The molecule has 0 bridgehead atoms. The van der Waals surface area contributed by atoms with Crippen LogP contribution in [0.1, 0.15) is 19.7 Å². The molecular weight excluding hydrogens is 272 g/mol. The van der Waals surface area contributed by atoms with Crippen LogP contribution in [0.5, 0.6) is 0 Å². The SMILES string of the molecule is CC(C)(N)c1nc(-c2cncc(Br)c2)no1. The molecule has 16 heavy (non-hydrogen) atoms. The van der Waals surface area contributed by atoms with Crippen LogP contribution < -0.4 is 5.73 Å². The van der Waals surface area contributed by atoms with E-state index in [-0.39, 0.29) is 0 Å². The molecule has 5 nitrogen and oxygen atoms in total. The smallest absolute Gasteiger partial charge is 0.246 e. The van der Waals surface area contributed by atoms with Crippen molar-refractivity contribution in [2.45, 2.75) is 19.4 Å². The van der Waals surface area contributed by atoms with Gasteiger partial charge in [0.25, 0.3) is 0 Å². The summed E-state index contributed by atoms with van der Waals surface area (Å²) < 4.78 is 5.96. The second-order valence-corrected chi connectivity index (χ2v) is 4.95. The van der Waals surface area contributed by atoms with E-state index >= 15 is 0 Å². The Bertz CT molecular complexity index is 504. The molecule has 0 aromatic carbocycles. The fraction of sp³-hybridized carbons (Fsp3) is 0.300. The summed E-state index contributed by atoms with van der Waals surface area (Å²) in [7, 11) is 0. The molecule has 2 rings (SSSR count). The molecule has 0 aliphatic rings. The van der Waals surface area contributed by atoms with Crippen LogP contribution in [0.2, 0.25) is 0 Å². The third-order valence-electron chi connectivity index (χ3n) is 1.94. The highest BCUT2D eigenvalue weighted by Gasteiger charge is 2.22. The van der Waals surface area contributed by atoms with Gasteiger partial charge in [0.15, 0.2) is 0 Å². The Labute approximate surface area is 101 Å². The van der Waals surface area contributed by atoms with Crippen LogP contribution in [0.4, 0.5) is 0 Å². The lowest BCUT2D eigenvalue weighted by Crippen LogP contribution is -2.28. The van der Waals surface area contributed by atoms with Crippen molar-refractivity contribution in [1.29, 1.82) is 0 Å². The van der Waals surface area contributed by atoms with E-state index in [9.17, 15) is 0 Å². The van der Waals surface area contributed by atoms with Gasteiger partial charge in [0.2, 0.25) is 11.7 Å². The van der Waals surface area contributed by atoms with Gasteiger partial charge in [-0.05, 0) is 35.8 Å². The number of rotatable bonds is 2. The van der Waals surface area contributed by atoms with Crippen LogP contribution in [0.15, 0.2) is 27.5 Å². The third kappa shape index (κ3) is 2.28. The van der Waals surface area contributed by atoms with Crippen molar-refractivity contribution < 1.29 is 4.52 Å². The van der Waals surface area contributed by atoms with E-state index in [4.69, 9.17) is 10.3 Å². The van der Waals surface area contributed by atoms with E-state index in [1.54, 1.807) is 12.4 Å². The van der Waals surface area contributed by atoms with E-state index in [1.807, 2.05) is 19.9 Å². The first-order valence-corrected chi connectivity index (χ1v) is 5.50. The van der Waals surface area contributed by atoms with Crippen LogP contribution in [-0.4, -0.2) is 15.1 Å². The van der Waals surface area contributed by atoms with Gasteiger partial charge in [-0.1, -0.05) is 5.16 Å². The average Bonchev–Trinajstić information content (AvgIpc) is 2.65. The lowest BCUT2D eigenvalue weighted by atomic mass is 10.1. The number of hydrogen-bond donors (Lipinski definition) is 1. The molecular formula is C10H11BrN4O. The lowest BCUT2D eigenvalue weighted by molar-refractivity contribution is 0.312. The molecule has 0 amide bonds. The van der Waals surface area contributed by atoms with E-state index < -0.39 is 5.54 Å². The van der Waals surface area contributed by atoms with Crippen LogP contribution >= 0.6 is 15.9 Å². The predicted molar refractivity (Wildman–Crippen MR) is 62.4 cm³/mol. The van der Waals surface area contributed by atoms with Gasteiger partial charge in [-0.3, -0.25) is 4.98 Å². The minimum atomic E-state index is -0.634. The van der Waals surface area contributed by atoms with Crippen molar-refractivity contribution in [3.8, 4) is 11.4 Å². The van der Waals surface area contributed by atoms with E-state index in [0.29, 0.717) is 11.7 Å². The van der Waals surface area contributed by atoms with Crippen molar-refractivity contribution in [2.75, 3.05) is 0 Å². The first kappa shape index (κ1) is 11.2. The Balaban J connectivity index is 2.39. The molecule has 84 valence electrons. The summed E-state index contributed by atoms with van der Waals surface area (Å²) in [6.07, 6.45) is 3.36. The van der Waals surface area contributed by atoms with Gasteiger partial charge in [-0.25, -0.2) is 0 Å². The highest BCUT2D eigenvalue weighted by Crippen LogP contribution is 2.21. The predicted octanol–water partition coefficient (Wildman–Crippen LogP) is 2.09. The van der Waals surface area contributed by atoms with Gasteiger partial charge in [0, 0.05) is 22.4 Å². The standard InChI is InChI=1S/C10H11BrN4O/c1-10(2,12)9-14-8(15-16-9)6-3-7(11)5-13-4-6/h3-5H,12H2,1-2H3. The fourth-order valence-electron chi connectivity index (χ4n) is 1.14. The molecule has 0 saturated carbocycles. The summed E-state index contributed by atoms with van der Waals surface area (Å²) in [5.74, 6) is 0.893. The first-order valence-electron chi connectivity index (χ1n) is 4.71. The Morgan fingerprint density at radius 3 is 2.69 bits per heavy atom. The third-order valence-corrected chi connectivity index (χ3v) is 2.37. The lowest BCUT2D eigenvalue weighted by Gasteiger charge is -2.10. The molecule has 0 atom stereocenters. The van der Waals surface area contributed by atoms with Crippen LogP contribution in [0, 0.1) is 0 Å². The zero-order valence-electron chi connectivity index (χ0n) is 8.94. The summed E-state index contributed by atoms with van der Waals surface area (Å²) in [5.41, 5.74) is 6.01. The Morgan fingerprint density at radius 2 is 2.12 bits per heavy atom. The molecule has 0 fully saturated rings. The van der Waals surface area contributed by atoms with Crippen molar-refractivity contribution in [3.05, 3.63) is 28.8 Å². The number of nitrogens with zero attached hydrogens (tertiary/aromatic N) is 3. The largest absolute Gasteiger partial charge is 0.337 e. The van der Waals surface area contributed by atoms with Gasteiger partial charge < -0.3 is 10.3 Å². The summed E-state index contributed by atoms with van der Waals surface area (Å²) in [4.78, 5) is 8.26. The van der Waals surface area contributed by atoms with Crippen molar-refractivity contribution in [3.63, 3.8) is 0 Å². The molecule has 0 saturated heterocycles. The van der Waals surface area contributed by atoms with Crippen LogP contribution in [0.3, 0.4) is 0 Å². The molecule has 0 spiro atoms. The molecule has 0 aliphatic heterocycles. The minimum absolute atomic E-state index is 0.405. The van der Waals surface area contributed by atoms with E-state index in [2.05, 4.69) is 31.1 Å². The molecule has 2 heterocycles. The monoisotopic (exact) mass is 282 g/mol. The summed E-state index contributed by atoms with van der Waals surface area (Å²) >= 11 is 3.33. The number of aromatic nitrogens is 3. The van der Waals surface area contributed by atoms with E-state index in [1.165, 1.54) is 0 Å². The zero-order chi connectivity index (χ0) is 11.8. The number of halogens is 1. The fourth-order valence-corrected chi connectivity index (χ4v) is 1.50. The quantitative estimate of drug-likeness (QED) is 0.913. The molecule has 2 aromatic rings. The Morgan fingerprint density at radius 1 is 1.38 bits per heavy atom. The second-order valence-electron chi connectivity index (χ2n) is 4.04. The van der Waals surface area contributed by atoms with Crippen LogP contribution in [-0.2, 0) is 5.54 Å². The maximum Gasteiger partial charge on any atom is 0.246 e. The van der Waals surface area contributed by atoms with Crippen molar-refractivity contribution >= 4 is 15.9 Å². The normalized spacial score (nSPS) is 11.8. The van der Waals surface area contributed by atoms with Crippen molar-refractivity contribution in [2.24, 2.45) is 5.73 Å². The molecule has 0 aliphatic carbocycles. The molecule has 2 N–H and O–H groups in total.